The molecular formula is C43H33N. The first-order valence-corrected chi connectivity index (χ1v) is 15.4. The fourth-order valence-electron chi connectivity index (χ4n) is 7.01. The van der Waals surface area contributed by atoms with Crippen LogP contribution in [0.5, 0.6) is 0 Å². The third-order valence-corrected chi connectivity index (χ3v) is 9.25. The highest BCUT2D eigenvalue weighted by Gasteiger charge is 2.35. The molecule has 0 unspecified atom stereocenters. The van der Waals surface area contributed by atoms with Gasteiger partial charge in [-0.3, -0.25) is 0 Å². The summed E-state index contributed by atoms with van der Waals surface area (Å²) >= 11 is 0. The number of hydrogen-bond donors (Lipinski definition) is 0. The molecular weight excluding hydrogens is 530 g/mol. The summed E-state index contributed by atoms with van der Waals surface area (Å²) in [5, 5.41) is 2.48. The van der Waals surface area contributed by atoms with E-state index in [1.54, 1.807) is 0 Å². The van der Waals surface area contributed by atoms with Crippen molar-refractivity contribution in [2.45, 2.75) is 19.3 Å². The fraction of sp³-hybridized carbons (Fsp3) is 0.0698. The number of rotatable bonds is 5. The molecule has 7 aromatic rings. The molecule has 7 aromatic carbocycles. The molecule has 0 fully saturated rings. The SMILES string of the molecule is CC1(C)c2ccccc2-c2cc(N(c3ccc(-c4ccccc4)cc3)c3cc(-c4ccccc4)c4ccccc4c3)ccc21. The topological polar surface area (TPSA) is 3.24 Å². The second-order valence-corrected chi connectivity index (χ2v) is 12.2. The highest BCUT2D eigenvalue weighted by atomic mass is 15.1. The second-order valence-electron chi connectivity index (χ2n) is 12.2. The molecule has 1 aliphatic carbocycles. The van der Waals surface area contributed by atoms with Gasteiger partial charge < -0.3 is 4.90 Å². The lowest BCUT2D eigenvalue weighted by Gasteiger charge is -2.28. The molecule has 0 heterocycles. The van der Waals surface area contributed by atoms with Crippen molar-refractivity contribution >= 4 is 27.8 Å². The lowest BCUT2D eigenvalue weighted by molar-refractivity contribution is 0.660. The minimum absolute atomic E-state index is 0.0317. The van der Waals surface area contributed by atoms with Gasteiger partial charge in [-0.1, -0.05) is 141 Å². The molecule has 1 heteroatoms. The number of hydrogen-bond acceptors (Lipinski definition) is 1. The molecule has 0 saturated heterocycles. The van der Waals surface area contributed by atoms with Crippen molar-refractivity contribution in [3.8, 4) is 33.4 Å². The van der Waals surface area contributed by atoms with E-state index in [1.807, 2.05) is 0 Å². The molecule has 0 bridgehead atoms. The van der Waals surface area contributed by atoms with Crippen LogP contribution in [0.25, 0.3) is 44.2 Å². The Morgan fingerprint density at radius 2 is 0.955 bits per heavy atom. The molecule has 0 saturated carbocycles. The second kappa shape index (κ2) is 10.4. The number of nitrogens with zero attached hydrogens (tertiary/aromatic N) is 1. The Kier molecular flexibility index (Phi) is 6.20. The zero-order valence-electron chi connectivity index (χ0n) is 25.0. The van der Waals surface area contributed by atoms with Gasteiger partial charge in [-0.15, -0.1) is 0 Å². The molecule has 0 N–H and O–H groups in total. The van der Waals surface area contributed by atoms with Gasteiger partial charge in [-0.25, -0.2) is 0 Å². The number of benzene rings is 7. The maximum Gasteiger partial charge on any atom is 0.0474 e. The summed E-state index contributed by atoms with van der Waals surface area (Å²) < 4.78 is 0. The molecule has 0 spiro atoms. The van der Waals surface area contributed by atoms with Crippen LogP contribution >= 0.6 is 0 Å². The Morgan fingerprint density at radius 1 is 0.386 bits per heavy atom. The maximum absolute atomic E-state index is 2.42. The van der Waals surface area contributed by atoms with Crippen molar-refractivity contribution in [1.29, 1.82) is 0 Å². The van der Waals surface area contributed by atoms with Gasteiger partial charge in [0.25, 0.3) is 0 Å². The molecule has 0 radical (unpaired) electrons. The van der Waals surface area contributed by atoms with Crippen LogP contribution in [0, 0.1) is 0 Å². The van der Waals surface area contributed by atoms with E-state index in [4.69, 9.17) is 0 Å². The van der Waals surface area contributed by atoms with Gasteiger partial charge in [0.05, 0.1) is 0 Å². The van der Waals surface area contributed by atoms with Crippen LogP contribution in [0.3, 0.4) is 0 Å². The van der Waals surface area contributed by atoms with E-state index in [-0.39, 0.29) is 5.41 Å². The molecule has 0 aromatic heterocycles. The Morgan fingerprint density at radius 3 is 1.73 bits per heavy atom. The summed E-state index contributed by atoms with van der Waals surface area (Å²) in [6, 6.07) is 59.6. The average molecular weight is 564 g/mol. The lowest BCUT2D eigenvalue weighted by atomic mass is 9.82. The standard InChI is InChI=1S/C43H33N/c1-43(2)41-20-12-11-19-38(41)40-28-35(25-26-42(40)43)44(34-23-21-31(22-24-34)30-13-5-3-6-14-30)36-27-33-17-9-10-18-37(33)39(29-36)32-15-7-4-8-16-32/h3-29H,1-2H3. The van der Waals surface area contributed by atoms with E-state index in [0.717, 1.165) is 17.1 Å². The molecule has 0 atom stereocenters. The average Bonchev–Trinajstić information content (AvgIpc) is 3.31. The van der Waals surface area contributed by atoms with E-state index >= 15 is 0 Å². The number of fused-ring (bicyclic) bond motifs is 4. The first kappa shape index (κ1) is 26.2. The molecule has 0 aliphatic heterocycles. The predicted molar refractivity (Wildman–Crippen MR) is 187 cm³/mol. The normalized spacial score (nSPS) is 13.0. The highest BCUT2D eigenvalue weighted by Crippen LogP contribution is 2.51. The van der Waals surface area contributed by atoms with E-state index in [9.17, 15) is 0 Å². The summed E-state index contributed by atoms with van der Waals surface area (Å²) in [6.07, 6.45) is 0. The van der Waals surface area contributed by atoms with Crippen molar-refractivity contribution in [3.63, 3.8) is 0 Å². The van der Waals surface area contributed by atoms with Crippen molar-refractivity contribution in [2.75, 3.05) is 4.90 Å². The van der Waals surface area contributed by atoms with Gasteiger partial charge >= 0.3 is 0 Å². The molecule has 1 aliphatic rings. The largest absolute Gasteiger partial charge is 0.310 e. The van der Waals surface area contributed by atoms with Gasteiger partial charge in [-0.05, 0) is 91.7 Å². The zero-order chi connectivity index (χ0) is 29.7. The quantitative estimate of drug-likeness (QED) is 0.201. The number of anilines is 3. The predicted octanol–water partition coefficient (Wildman–Crippen LogP) is 11.9. The first-order chi connectivity index (χ1) is 21.6. The van der Waals surface area contributed by atoms with Gasteiger partial charge in [-0.2, -0.15) is 0 Å². The molecule has 8 rings (SSSR count). The smallest absolute Gasteiger partial charge is 0.0474 e. The fourth-order valence-corrected chi connectivity index (χ4v) is 7.01. The monoisotopic (exact) mass is 563 g/mol. The van der Waals surface area contributed by atoms with E-state index in [2.05, 4.69) is 183 Å². The Bertz CT molecular complexity index is 2120. The Balaban J connectivity index is 1.35. The zero-order valence-corrected chi connectivity index (χ0v) is 25.0. The molecule has 1 nitrogen and oxygen atoms in total. The van der Waals surface area contributed by atoms with Gasteiger partial charge in [0, 0.05) is 22.5 Å². The van der Waals surface area contributed by atoms with Crippen molar-refractivity contribution < 1.29 is 0 Å². The van der Waals surface area contributed by atoms with Crippen LogP contribution in [0.15, 0.2) is 164 Å². The lowest BCUT2D eigenvalue weighted by Crippen LogP contribution is -2.15. The van der Waals surface area contributed by atoms with E-state index in [1.165, 1.54) is 55.3 Å². The Labute approximate surface area is 259 Å². The Hall–Kier alpha value is -5.40. The van der Waals surface area contributed by atoms with Crippen LogP contribution < -0.4 is 4.90 Å². The van der Waals surface area contributed by atoms with Crippen LogP contribution in [-0.4, -0.2) is 0 Å². The first-order valence-electron chi connectivity index (χ1n) is 15.4. The third kappa shape index (κ3) is 4.32. The van der Waals surface area contributed by atoms with Crippen LogP contribution in [0.2, 0.25) is 0 Å². The summed E-state index contributed by atoms with van der Waals surface area (Å²) in [5.41, 5.74) is 13.7. The third-order valence-electron chi connectivity index (χ3n) is 9.25. The maximum atomic E-state index is 2.42. The molecule has 210 valence electrons. The summed E-state index contributed by atoms with van der Waals surface area (Å²) in [6.45, 7) is 4.68. The molecule has 0 amide bonds. The van der Waals surface area contributed by atoms with Gasteiger partial charge in [0.1, 0.15) is 0 Å². The van der Waals surface area contributed by atoms with Crippen molar-refractivity contribution in [3.05, 3.63) is 175 Å². The molecule has 44 heavy (non-hydrogen) atoms. The van der Waals surface area contributed by atoms with E-state index < -0.39 is 0 Å². The van der Waals surface area contributed by atoms with E-state index in [0.29, 0.717) is 0 Å². The minimum atomic E-state index is -0.0317. The highest BCUT2D eigenvalue weighted by molar-refractivity contribution is 6.01. The minimum Gasteiger partial charge on any atom is -0.310 e. The summed E-state index contributed by atoms with van der Waals surface area (Å²) in [5.74, 6) is 0. The van der Waals surface area contributed by atoms with Gasteiger partial charge in [0.15, 0.2) is 0 Å². The van der Waals surface area contributed by atoms with Gasteiger partial charge in [0.2, 0.25) is 0 Å². The summed E-state index contributed by atoms with van der Waals surface area (Å²) in [4.78, 5) is 2.42. The summed E-state index contributed by atoms with van der Waals surface area (Å²) in [7, 11) is 0. The van der Waals surface area contributed by atoms with Crippen LogP contribution in [0.1, 0.15) is 25.0 Å². The van der Waals surface area contributed by atoms with Crippen molar-refractivity contribution in [2.24, 2.45) is 0 Å². The van der Waals surface area contributed by atoms with Crippen molar-refractivity contribution in [1.82, 2.24) is 0 Å². The van der Waals surface area contributed by atoms with Crippen LogP contribution in [-0.2, 0) is 5.41 Å². The van der Waals surface area contributed by atoms with Crippen LogP contribution in [0.4, 0.5) is 17.1 Å².